The molecule has 0 atom stereocenters. The van der Waals surface area contributed by atoms with Gasteiger partial charge in [-0.15, -0.1) is 0 Å². The highest BCUT2D eigenvalue weighted by Crippen LogP contribution is 2.33. The summed E-state index contributed by atoms with van der Waals surface area (Å²) in [7, 11) is 0. The number of hydrogen-bond donors (Lipinski definition) is 1. The minimum absolute atomic E-state index is 0.0615. The Kier molecular flexibility index (Phi) is 4.18. The second-order valence-corrected chi connectivity index (χ2v) is 6.67. The topological polar surface area (TPSA) is 49.2 Å². The van der Waals surface area contributed by atoms with Crippen molar-refractivity contribution in [2.75, 3.05) is 13.1 Å². The number of aromatic nitrogens is 1. The molecule has 0 aliphatic carbocycles. The molecule has 1 saturated heterocycles. The fourth-order valence-electron chi connectivity index (χ4n) is 3.64. The Balaban J connectivity index is 1.39. The maximum Gasteiger partial charge on any atom is 0.246 e. The van der Waals surface area contributed by atoms with Gasteiger partial charge < -0.3 is 14.3 Å². The van der Waals surface area contributed by atoms with Gasteiger partial charge in [0.2, 0.25) is 5.91 Å². The highest BCUT2D eigenvalue weighted by atomic mass is 16.3. The highest BCUT2D eigenvalue weighted by molar-refractivity contribution is 5.91. The van der Waals surface area contributed by atoms with Gasteiger partial charge in [0.1, 0.15) is 11.5 Å². The first-order valence-electron chi connectivity index (χ1n) is 8.80. The molecule has 3 heterocycles. The molecule has 4 nitrogen and oxygen atoms in total. The number of fused-ring (bicyclic) bond motifs is 1. The van der Waals surface area contributed by atoms with Crippen LogP contribution in [0.25, 0.3) is 17.0 Å². The van der Waals surface area contributed by atoms with Gasteiger partial charge in [-0.25, -0.2) is 0 Å². The van der Waals surface area contributed by atoms with Crippen LogP contribution in [-0.2, 0) is 4.79 Å². The van der Waals surface area contributed by atoms with Crippen molar-refractivity contribution in [3.8, 4) is 0 Å². The summed E-state index contributed by atoms with van der Waals surface area (Å²) in [5.74, 6) is 2.15. The van der Waals surface area contributed by atoms with Gasteiger partial charge >= 0.3 is 0 Å². The first-order valence-corrected chi connectivity index (χ1v) is 8.80. The van der Waals surface area contributed by atoms with E-state index in [2.05, 4.69) is 35.4 Å². The number of hydrogen-bond acceptors (Lipinski definition) is 2. The van der Waals surface area contributed by atoms with Crippen LogP contribution in [0, 0.1) is 6.92 Å². The molecule has 128 valence electrons. The molecule has 0 unspecified atom stereocenters. The van der Waals surface area contributed by atoms with Gasteiger partial charge in [-0.3, -0.25) is 4.79 Å². The van der Waals surface area contributed by atoms with Crippen molar-refractivity contribution in [3.05, 3.63) is 65.8 Å². The molecule has 1 N–H and O–H groups in total. The van der Waals surface area contributed by atoms with Gasteiger partial charge in [-0.2, -0.15) is 0 Å². The number of carbonyl (C=O) groups excluding carboxylic acids is 1. The van der Waals surface area contributed by atoms with Crippen molar-refractivity contribution in [1.29, 1.82) is 0 Å². The van der Waals surface area contributed by atoms with Crippen LogP contribution >= 0.6 is 0 Å². The first kappa shape index (κ1) is 15.8. The number of aromatic amines is 1. The van der Waals surface area contributed by atoms with Gasteiger partial charge in [0, 0.05) is 36.3 Å². The lowest BCUT2D eigenvalue weighted by Gasteiger charge is -2.31. The van der Waals surface area contributed by atoms with Gasteiger partial charge in [0.15, 0.2) is 0 Å². The van der Waals surface area contributed by atoms with E-state index in [4.69, 9.17) is 4.42 Å². The summed E-state index contributed by atoms with van der Waals surface area (Å²) < 4.78 is 5.47. The Morgan fingerprint density at radius 1 is 1.20 bits per heavy atom. The molecule has 1 aliphatic rings. The third kappa shape index (κ3) is 3.25. The molecular weight excluding hydrogens is 312 g/mol. The Bertz CT molecular complexity index is 911. The summed E-state index contributed by atoms with van der Waals surface area (Å²) in [6.07, 6.45) is 7.50. The number of amides is 1. The molecule has 0 bridgehead atoms. The highest BCUT2D eigenvalue weighted by Gasteiger charge is 2.24. The van der Waals surface area contributed by atoms with E-state index in [-0.39, 0.29) is 5.91 Å². The maximum absolute atomic E-state index is 12.4. The largest absolute Gasteiger partial charge is 0.462 e. The van der Waals surface area contributed by atoms with Crippen molar-refractivity contribution >= 4 is 22.9 Å². The number of nitrogens with zero attached hydrogens (tertiary/aromatic N) is 1. The minimum atomic E-state index is 0.0615. The third-order valence-electron chi connectivity index (χ3n) is 5.02. The van der Waals surface area contributed by atoms with Crippen LogP contribution < -0.4 is 0 Å². The SMILES string of the molecule is Cc1ccc(/C=C/C(=O)N2CCC(c3c[nH]c4ccccc34)CC2)o1. The van der Waals surface area contributed by atoms with Crippen LogP contribution in [0.15, 0.2) is 53.1 Å². The average Bonchev–Trinajstić information content (AvgIpc) is 3.26. The molecule has 1 aromatic carbocycles. The first-order chi connectivity index (χ1) is 12.2. The van der Waals surface area contributed by atoms with E-state index in [9.17, 15) is 4.79 Å². The van der Waals surface area contributed by atoms with E-state index in [1.54, 1.807) is 12.2 Å². The summed E-state index contributed by atoms with van der Waals surface area (Å²) in [6, 6.07) is 12.2. The van der Waals surface area contributed by atoms with Crippen LogP contribution in [0.2, 0.25) is 0 Å². The predicted octanol–water partition coefficient (Wildman–Crippen LogP) is 4.49. The zero-order valence-electron chi connectivity index (χ0n) is 14.4. The summed E-state index contributed by atoms with van der Waals surface area (Å²) in [4.78, 5) is 17.7. The Hall–Kier alpha value is -2.75. The fraction of sp³-hybridized carbons (Fsp3) is 0.286. The van der Waals surface area contributed by atoms with E-state index in [1.165, 1.54) is 16.5 Å². The van der Waals surface area contributed by atoms with E-state index in [0.29, 0.717) is 5.92 Å². The maximum atomic E-state index is 12.4. The predicted molar refractivity (Wildman–Crippen MR) is 99.3 cm³/mol. The number of nitrogens with one attached hydrogen (secondary N) is 1. The molecule has 0 saturated carbocycles. The van der Waals surface area contributed by atoms with Gasteiger partial charge in [0.25, 0.3) is 0 Å². The zero-order valence-corrected chi connectivity index (χ0v) is 14.4. The third-order valence-corrected chi connectivity index (χ3v) is 5.02. The van der Waals surface area contributed by atoms with Crippen LogP contribution in [0.1, 0.15) is 35.8 Å². The lowest BCUT2D eigenvalue weighted by molar-refractivity contribution is -0.126. The number of H-pyrrole nitrogens is 1. The molecular formula is C21H22N2O2. The lowest BCUT2D eigenvalue weighted by Crippen LogP contribution is -2.36. The summed E-state index contributed by atoms with van der Waals surface area (Å²) >= 11 is 0. The van der Waals surface area contributed by atoms with Crippen molar-refractivity contribution in [2.24, 2.45) is 0 Å². The van der Waals surface area contributed by atoms with E-state index < -0.39 is 0 Å². The number of likely N-dealkylation sites (tertiary alicyclic amines) is 1. The number of para-hydroxylation sites is 1. The van der Waals surface area contributed by atoms with Gasteiger partial charge in [-0.1, -0.05) is 18.2 Å². The molecule has 3 aromatic rings. The zero-order chi connectivity index (χ0) is 17.2. The Labute approximate surface area is 147 Å². The van der Waals surface area contributed by atoms with Gasteiger partial charge in [0.05, 0.1) is 0 Å². The van der Waals surface area contributed by atoms with Crippen molar-refractivity contribution < 1.29 is 9.21 Å². The van der Waals surface area contributed by atoms with Gasteiger partial charge in [-0.05, 0) is 55.5 Å². The van der Waals surface area contributed by atoms with Crippen LogP contribution in [-0.4, -0.2) is 28.9 Å². The van der Waals surface area contributed by atoms with Crippen molar-refractivity contribution in [1.82, 2.24) is 9.88 Å². The Morgan fingerprint density at radius 3 is 2.76 bits per heavy atom. The second kappa shape index (κ2) is 6.63. The summed E-state index contributed by atoms with van der Waals surface area (Å²) in [5.41, 5.74) is 2.57. The van der Waals surface area contributed by atoms with Crippen molar-refractivity contribution in [2.45, 2.75) is 25.7 Å². The van der Waals surface area contributed by atoms with Crippen molar-refractivity contribution in [3.63, 3.8) is 0 Å². The molecule has 2 aromatic heterocycles. The quantitative estimate of drug-likeness (QED) is 0.718. The smallest absolute Gasteiger partial charge is 0.246 e. The van der Waals surface area contributed by atoms with Crippen LogP contribution in [0.4, 0.5) is 0 Å². The van der Waals surface area contributed by atoms with Crippen LogP contribution in [0.5, 0.6) is 0 Å². The number of rotatable bonds is 3. The molecule has 1 aliphatic heterocycles. The molecule has 0 spiro atoms. The average molecular weight is 334 g/mol. The second-order valence-electron chi connectivity index (χ2n) is 6.67. The molecule has 25 heavy (non-hydrogen) atoms. The Morgan fingerprint density at radius 2 is 2.00 bits per heavy atom. The lowest BCUT2D eigenvalue weighted by atomic mass is 9.89. The summed E-state index contributed by atoms with van der Waals surface area (Å²) in [6.45, 7) is 3.49. The normalized spacial score (nSPS) is 16.1. The van der Waals surface area contributed by atoms with Crippen LogP contribution in [0.3, 0.4) is 0 Å². The number of aryl methyl sites for hydroxylation is 1. The number of benzene rings is 1. The van der Waals surface area contributed by atoms with E-state index >= 15 is 0 Å². The molecule has 0 radical (unpaired) electrons. The van der Waals surface area contributed by atoms with E-state index in [1.807, 2.05) is 24.0 Å². The summed E-state index contributed by atoms with van der Waals surface area (Å²) in [5, 5.41) is 1.31. The minimum Gasteiger partial charge on any atom is -0.462 e. The molecule has 1 amide bonds. The fourth-order valence-corrected chi connectivity index (χ4v) is 3.64. The number of carbonyl (C=O) groups is 1. The monoisotopic (exact) mass is 334 g/mol. The standard InChI is InChI=1S/C21H22N2O2/c1-15-6-7-17(25-15)8-9-21(24)23-12-10-16(11-13-23)19-14-22-20-5-3-2-4-18(19)20/h2-9,14,16,22H,10-13H2,1H3/b9-8+. The van der Waals surface area contributed by atoms with E-state index in [0.717, 1.165) is 37.5 Å². The molecule has 4 heteroatoms. The molecule has 1 fully saturated rings. The number of piperidine rings is 1. The molecule has 4 rings (SSSR count). The number of furan rings is 1.